The molecule has 0 saturated carbocycles. The summed E-state index contributed by atoms with van der Waals surface area (Å²) in [5.41, 5.74) is -0.147. The lowest BCUT2D eigenvalue weighted by Crippen LogP contribution is -2.42. The van der Waals surface area contributed by atoms with Crippen molar-refractivity contribution in [1.82, 2.24) is 4.72 Å². The summed E-state index contributed by atoms with van der Waals surface area (Å²) in [6, 6.07) is 4.20. The maximum atomic E-state index is 12.4. The van der Waals surface area contributed by atoms with E-state index in [0.717, 1.165) is 7.11 Å². The summed E-state index contributed by atoms with van der Waals surface area (Å²) in [6.07, 6.45) is 0.134. The molecular weight excluding hydrogens is 310 g/mol. The van der Waals surface area contributed by atoms with E-state index < -0.39 is 28.0 Å². The zero-order valence-electron chi connectivity index (χ0n) is 12.6. The average molecular weight is 329 g/mol. The van der Waals surface area contributed by atoms with E-state index in [2.05, 4.69) is 9.46 Å². The Kier molecular flexibility index (Phi) is 6.07. The Bertz CT molecular complexity index is 653. The number of ether oxygens (including phenoxy) is 1. The molecule has 0 unspecified atom stereocenters. The third kappa shape index (κ3) is 4.54. The minimum Gasteiger partial charge on any atom is -0.480 e. The Labute approximate surface area is 129 Å². The van der Waals surface area contributed by atoms with E-state index >= 15 is 0 Å². The SMILES string of the molecule is COC(=O)c1ccccc1S(=O)(=O)N[C@@H](CC(C)C)C(=O)O. The Morgan fingerprint density at radius 2 is 1.86 bits per heavy atom. The summed E-state index contributed by atoms with van der Waals surface area (Å²) in [6.45, 7) is 3.57. The monoisotopic (exact) mass is 329 g/mol. The van der Waals surface area contributed by atoms with Gasteiger partial charge >= 0.3 is 11.9 Å². The number of rotatable bonds is 7. The molecule has 0 aliphatic rings. The van der Waals surface area contributed by atoms with Gasteiger partial charge < -0.3 is 9.84 Å². The molecule has 0 aromatic heterocycles. The Morgan fingerprint density at radius 3 is 2.36 bits per heavy atom. The topological polar surface area (TPSA) is 110 Å². The van der Waals surface area contributed by atoms with Crippen LogP contribution in [-0.4, -0.2) is 38.6 Å². The lowest BCUT2D eigenvalue weighted by atomic mass is 10.1. The first-order valence-corrected chi connectivity index (χ1v) is 8.09. The largest absolute Gasteiger partial charge is 0.480 e. The van der Waals surface area contributed by atoms with Gasteiger partial charge in [-0.2, -0.15) is 4.72 Å². The predicted molar refractivity (Wildman–Crippen MR) is 79.0 cm³/mol. The van der Waals surface area contributed by atoms with Crippen LogP contribution in [0.25, 0.3) is 0 Å². The quantitative estimate of drug-likeness (QED) is 0.729. The van der Waals surface area contributed by atoms with Gasteiger partial charge in [0.2, 0.25) is 10.0 Å². The first kappa shape index (κ1) is 18.1. The van der Waals surface area contributed by atoms with Crippen LogP contribution in [0.2, 0.25) is 0 Å². The van der Waals surface area contributed by atoms with E-state index in [-0.39, 0.29) is 22.8 Å². The third-order valence-corrected chi connectivity index (χ3v) is 4.41. The van der Waals surface area contributed by atoms with Gasteiger partial charge in [-0.05, 0) is 24.5 Å². The lowest BCUT2D eigenvalue weighted by molar-refractivity contribution is -0.139. The molecule has 0 saturated heterocycles. The molecule has 0 bridgehead atoms. The van der Waals surface area contributed by atoms with E-state index in [1.54, 1.807) is 13.8 Å². The molecule has 22 heavy (non-hydrogen) atoms. The molecule has 0 fully saturated rings. The molecule has 0 aliphatic heterocycles. The second kappa shape index (κ2) is 7.37. The lowest BCUT2D eigenvalue weighted by Gasteiger charge is -2.17. The van der Waals surface area contributed by atoms with Gasteiger partial charge in [-0.1, -0.05) is 26.0 Å². The molecule has 1 rings (SSSR count). The maximum absolute atomic E-state index is 12.4. The highest BCUT2D eigenvalue weighted by atomic mass is 32.2. The van der Waals surface area contributed by atoms with Crippen molar-refractivity contribution in [2.75, 3.05) is 7.11 Å². The number of carboxylic acids is 1. The Hall–Kier alpha value is -1.93. The highest BCUT2D eigenvalue weighted by molar-refractivity contribution is 7.89. The molecule has 8 heteroatoms. The van der Waals surface area contributed by atoms with Crippen LogP contribution in [0.15, 0.2) is 29.2 Å². The fourth-order valence-corrected chi connectivity index (χ4v) is 3.30. The number of hydrogen-bond acceptors (Lipinski definition) is 5. The average Bonchev–Trinajstić information content (AvgIpc) is 2.45. The normalized spacial score (nSPS) is 12.9. The van der Waals surface area contributed by atoms with Gasteiger partial charge in [0.1, 0.15) is 6.04 Å². The van der Waals surface area contributed by atoms with Gasteiger partial charge in [0.25, 0.3) is 0 Å². The fourth-order valence-electron chi connectivity index (χ4n) is 1.90. The molecule has 1 aromatic carbocycles. The molecule has 2 N–H and O–H groups in total. The summed E-state index contributed by atoms with van der Waals surface area (Å²) >= 11 is 0. The summed E-state index contributed by atoms with van der Waals surface area (Å²) in [5, 5.41) is 9.14. The van der Waals surface area contributed by atoms with E-state index in [0.29, 0.717) is 0 Å². The number of esters is 1. The minimum atomic E-state index is -4.17. The van der Waals surface area contributed by atoms with Gasteiger partial charge in [0, 0.05) is 0 Å². The van der Waals surface area contributed by atoms with Crippen LogP contribution in [0.5, 0.6) is 0 Å². The zero-order chi connectivity index (χ0) is 16.9. The number of aliphatic carboxylic acids is 1. The number of sulfonamides is 1. The van der Waals surface area contributed by atoms with Gasteiger partial charge in [0.15, 0.2) is 0 Å². The van der Waals surface area contributed by atoms with Crippen LogP contribution in [0, 0.1) is 5.92 Å². The van der Waals surface area contributed by atoms with Crippen molar-refractivity contribution in [3.05, 3.63) is 29.8 Å². The summed E-state index contributed by atoms with van der Waals surface area (Å²) < 4.78 is 31.4. The second-order valence-electron chi connectivity index (χ2n) is 5.13. The highest BCUT2D eigenvalue weighted by Gasteiger charge is 2.29. The molecule has 1 atom stereocenters. The van der Waals surface area contributed by atoms with Gasteiger partial charge in [-0.3, -0.25) is 4.79 Å². The van der Waals surface area contributed by atoms with Crippen molar-refractivity contribution in [2.24, 2.45) is 5.92 Å². The smallest absolute Gasteiger partial charge is 0.339 e. The molecule has 0 aliphatic carbocycles. The van der Waals surface area contributed by atoms with E-state index in [1.165, 1.54) is 24.3 Å². The second-order valence-corrected chi connectivity index (χ2v) is 6.81. The van der Waals surface area contributed by atoms with Crippen molar-refractivity contribution in [2.45, 2.75) is 31.2 Å². The van der Waals surface area contributed by atoms with Crippen molar-refractivity contribution < 1.29 is 27.9 Å². The van der Waals surface area contributed by atoms with E-state index in [4.69, 9.17) is 5.11 Å². The third-order valence-electron chi connectivity index (χ3n) is 2.88. The molecule has 0 amide bonds. The first-order valence-electron chi connectivity index (χ1n) is 6.61. The van der Waals surface area contributed by atoms with Crippen LogP contribution >= 0.6 is 0 Å². The van der Waals surface area contributed by atoms with Crippen LogP contribution in [-0.2, 0) is 19.6 Å². The van der Waals surface area contributed by atoms with Crippen molar-refractivity contribution in [1.29, 1.82) is 0 Å². The van der Waals surface area contributed by atoms with Crippen molar-refractivity contribution in [3.8, 4) is 0 Å². The fraction of sp³-hybridized carbons (Fsp3) is 0.429. The standard InChI is InChI=1S/C14H19NO6S/c1-9(2)8-11(13(16)17)15-22(19,20)12-7-5-4-6-10(12)14(18)21-3/h4-7,9,11,15H,8H2,1-3H3,(H,16,17)/t11-/m0/s1. The highest BCUT2D eigenvalue weighted by Crippen LogP contribution is 2.18. The molecule has 1 aromatic rings. The van der Waals surface area contributed by atoms with Gasteiger partial charge in [-0.25, -0.2) is 13.2 Å². The molecule has 0 spiro atoms. The van der Waals surface area contributed by atoms with E-state index in [9.17, 15) is 18.0 Å². The first-order chi connectivity index (χ1) is 10.2. The van der Waals surface area contributed by atoms with Gasteiger partial charge in [-0.15, -0.1) is 0 Å². The number of methoxy groups -OCH3 is 1. The molecule has 0 radical (unpaired) electrons. The van der Waals surface area contributed by atoms with Gasteiger partial charge in [0.05, 0.1) is 17.6 Å². The predicted octanol–water partition coefficient (Wildman–Crippen LogP) is 1.25. The summed E-state index contributed by atoms with van der Waals surface area (Å²) in [5.74, 6) is -2.09. The summed E-state index contributed by atoms with van der Waals surface area (Å²) in [7, 11) is -3.03. The number of carbonyl (C=O) groups is 2. The number of carboxylic acid groups (broad SMARTS) is 1. The molecular formula is C14H19NO6S. The number of carbonyl (C=O) groups excluding carboxylic acids is 1. The zero-order valence-corrected chi connectivity index (χ0v) is 13.4. The van der Waals surface area contributed by atoms with Crippen LogP contribution in [0.4, 0.5) is 0 Å². The Morgan fingerprint density at radius 1 is 1.27 bits per heavy atom. The molecule has 122 valence electrons. The van der Waals surface area contributed by atoms with Crippen LogP contribution in [0.3, 0.4) is 0 Å². The van der Waals surface area contributed by atoms with E-state index in [1.807, 2.05) is 0 Å². The molecule has 7 nitrogen and oxygen atoms in total. The number of benzene rings is 1. The van der Waals surface area contributed by atoms with Crippen molar-refractivity contribution >= 4 is 22.0 Å². The summed E-state index contributed by atoms with van der Waals surface area (Å²) in [4.78, 5) is 22.5. The Balaban J connectivity index is 3.19. The van der Waals surface area contributed by atoms with Crippen LogP contribution < -0.4 is 4.72 Å². The minimum absolute atomic E-state index is 0.0142. The maximum Gasteiger partial charge on any atom is 0.339 e. The number of nitrogens with one attached hydrogen (secondary N) is 1. The van der Waals surface area contributed by atoms with Crippen molar-refractivity contribution in [3.63, 3.8) is 0 Å². The molecule has 0 heterocycles. The van der Waals surface area contributed by atoms with Crippen LogP contribution in [0.1, 0.15) is 30.6 Å². The number of hydrogen-bond donors (Lipinski definition) is 2.